The average Bonchev–Trinajstić information content (AvgIpc) is 2.63. The molecule has 120 valence electrons. The Balaban J connectivity index is 1.85. The van der Waals surface area contributed by atoms with Gasteiger partial charge in [-0.3, -0.25) is 4.79 Å². The Morgan fingerprint density at radius 2 is 1.17 bits per heavy atom. The minimum Gasteiger partial charge on any atom is -0.399 e. The molecule has 0 spiro atoms. The first-order valence-electron chi connectivity index (χ1n) is 7.95. The Morgan fingerprint density at radius 1 is 0.708 bits per heavy atom. The van der Waals surface area contributed by atoms with E-state index < -0.39 is 0 Å². The van der Waals surface area contributed by atoms with Crippen LogP contribution in [0, 0.1) is 0 Å². The lowest BCUT2D eigenvalue weighted by atomic mass is 10.1. The molecule has 3 nitrogen and oxygen atoms in total. The third-order valence-electron chi connectivity index (χ3n) is 3.88. The molecule has 1 amide bonds. The number of nitrogen functional groups attached to an aromatic ring is 1. The maximum absolute atomic E-state index is 12.9. The lowest BCUT2D eigenvalue weighted by molar-refractivity contribution is 0.0730. The van der Waals surface area contributed by atoms with E-state index in [-0.39, 0.29) is 5.91 Å². The fourth-order valence-electron chi connectivity index (χ4n) is 2.62. The summed E-state index contributed by atoms with van der Waals surface area (Å²) in [5, 5.41) is 0. The summed E-state index contributed by atoms with van der Waals surface area (Å²) in [6.07, 6.45) is 0. The van der Waals surface area contributed by atoms with Gasteiger partial charge < -0.3 is 10.6 Å². The summed E-state index contributed by atoms with van der Waals surface area (Å²) in [6, 6.07) is 27.1. The molecule has 3 heteroatoms. The number of anilines is 1. The Hall–Kier alpha value is -3.07. The topological polar surface area (TPSA) is 46.3 Å². The molecule has 0 atom stereocenters. The lowest BCUT2D eigenvalue weighted by Crippen LogP contribution is -2.30. The van der Waals surface area contributed by atoms with Crippen molar-refractivity contribution in [1.82, 2.24) is 4.90 Å². The van der Waals surface area contributed by atoms with Crippen molar-refractivity contribution in [2.75, 3.05) is 5.73 Å². The fraction of sp³-hybridized carbons (Fsp3) is 0.0952. The van der Waals surface area contributed by atoms with Crippen molar-refractivity contribution in [2.45, 2.75) is 13.1 Å². The van der Waals surface area contributed by atoms with Gasteiger partial charge in [-0.25, -0.2) is 0 Å². The molecule has 0 aliphatic heterocycles. The molecule has 0 aliphatic rings. The molecule has 0 fully saturated rings. The Kier molecular flexibility index (Phi) is 4.92. The number of rotatable bonds is 5. The summed E-state index contributed by atoms with van der Waals surface area (Å²) in [5.74, 6) is 0.00251. The van der Waals surface area contributed by atoms with Crippen LogP contribution in [0.15, 0.2) is 84.9 Å². The van der Waals surface area contributed by atoms with Gasteiger partial charge in [-0.15, -0.1) is 0 Å². The third kappa shape index (κ3) is 4.02. The van der Waals surface area contributed by atoms with Crippen LogP contribution in [0.1, 0.15) is 21.5 Å². The molecule has 0 radical (unpaired) electrons. The second-order valence-electron chi connectivity index (χ2n) is 5.75. The molecule has 0 saturated heterocycles. The number of amides is 1. The van der Waals surface area contributed by atoms with Crippen molar-refractivity contribution in [1.29, 1.82) is 0 Å². The molecule has 3 rings (SSSR count). The van der Waals surface area contributed by atoms with Crippen LogP contribution in [0.3, 0.4) is 0 Å². The number of carbonyl (C=O) groups is 1. The van der Waals surface area contributed by atoms with Crippen LogP contribution in [0.4, 0.5) is 5.69 Å². The van der Waals surface area contributed by atoms with Crippen molar-refractivity contribution in [3.63, 3.8) is 0 Å². The Morgan fingerprint density at radius 3 is 1.62 bits per heavy atom. The van der Waals surface area contributed by atoms with Gasteiger partial charge in [-0.05, 0) is 35.4 Å². The SMILES string of the molecule is Nc1ccc(C(=O)N(Cc2ccccc2)Cc2ccccc2)cc1. The highest BCUT2D eigenvalue weighted by Gasteiger charge is 2.16. The molecule has 0 aliphatic carbocycles. The summed E-state index contributed by atoms with van der Waals surface area (Å²) < 4.78 is 0. The summed E-state index contributed by atoms with van der Waals surface area (Å²) in [7, 11) is 0. The minimum atomic E-state index is 0.00251. The van der Waals surface area contributed by atoms with Crippen LogP contribution in [0.5, 0.6) is 0 Å². The van der Waals surface area contributed by atoms with Gasteiger partial charge in [0.1, 0.15) is 0 Å². The van der Waals surface area contributed by atoms with Gasteiger partial charge in [-0.2, -0.15) is 0 Å². The van der Waals surface area contributed by atoms with Crippen molar-refractivity contribution < 1.29 is 4.79 Å². The number of nitrogens with two attached hydrogens (primary N) is 1. The largest absolute Gasteiger partial charge is 0.399 e. The molecule has 3 aromatic rings. The van der Waals surface area contributed by atoms with E-state index in [1.165, 1.54) is 0 Å². The third-order valence-corrected chi connectivity index (χ3v) is 3.88. The zero-order valence-electron chi connectivity index (χ0n) is 13.4. The van der Waals surface area contributed by atoms with Gasteiger partial charge >= 0.3 is 0 Å². The van der Waals surface area contributed by atoms with Gasteiger partial charge in [-0.1, -0.05) is 60.7 Å². The molecule has 3 aromatic carbocycles. The molecule has 24 heavy (non-hydrogen) atoms. The fourth-order valence-corrected chi connectivity index (χ4v) is 2.62. The van der Waals surface area contributed by atoms with Crippen LogP contribution in [-0.2, 0) is 13.1 Å². The maximum atomic E-state index is 12.9. The molecule has 2 N–H and O–H groups in total. The normalized spacial score (nSPS) is 10.3. The van der Waals surface area contributed by atoms with Crippen molar-refractivity contribution in [2.24, 2.45) is 0 Å². The average molecular weight is 316 g/mol. The zero-order valence-corrected chi connectivity index (χ0v) is 13.4. The smallest absolute Gasteiger partial charge is 0.254 e. The quantitative estimate of drug-likeness (QED) is 0.720. The standard InChI is InChI=1S/C21H20N2O/c22-20-13-11-19(12-14-20)21(24)23(15-17-7-3-1-4-8-17)16-18-9-5-2-6-10-18/h1-14H,15-16,22H2. The van der Waals surface area contributed by atoms with Crippen LogP contribution in [0.25, 0.3) is 0 Å². The van der Waals surface area contributed by atoms with E-state index >= 15 is 0 Å². The molecular formula is C21H20N2O. The summed E-state index contributed by atoms with van der Waals surface area (Å²) in [6.45, 7) is 1.14. The predicted octanol–water partition coefficient (Wildman–Crippen LogP) is 4.11. The summed E-state index contributed by atoms with van der Waals surface area (Å²) in [5.41, 5.74) is 9.25. The zero-order chi connectivity index (χ0) is 16.8. The van der Waals surface area contributed by atoms with Gasteiger partial charge in [0.05, 0.1) is 0 Å². The lowest BCUT2D eigenvalue weighted by Gasteiger charge is -2.23. The van der Waals surface area contributed by atoms with E-state index in [0.29, 0.717) is 24.3 Å². The molecule has 0 bridgehead atoms. The van der Waals surface area contributed by atoms with Crippen molar-refractivity contribution >= 4 is 11.6 Å². The number of carbonyl (C=O) groups excluding carboxylic acids is 1. The summed E-state index contributed by atoms with van der Waals surface area (Å²) >= 11 is 0. The second-order valence-corrected chi connectivity index (χ2v) is 5.75. The second kappa shape index (κ2) is 7.47. The molecule has 0 unspecified atom stereocenters. The Bertz CT molecular complexity index is 742. The van der Waals surface area contributed by atoms with E-state index in [9.17, 15) is 4.79 Å². The highest BCUT2D eigenvalue weighted by Crippen LogP contribution is 2.15. The maximum Gasteiger partial charge on any atom is 0.254 e. The van der Waals surface area contributed by atoms with E-state index in [4.69, 9.17) is 5.73 Å². The van der Waals surface area contributed by atoms with E-state index in [1.54, 1.807) is 24.3 Å². The van der Waals surface area contributed by atoms with Crippen LogP contribution >= 0.6 is 0 Å². The number of hydrogen-bond donors (Lipinski definition) is 1. The summed E-state index contributed by atoms with van der Waals surface area (Å²) in [4.78, 5) is 14.8. The minimum absolute atomic E-state index is 0.00251. The highest BCUT2D eigenvalue weighted by molar-refractivity contribution is 5.94. The van der Waals surface area contributed by atoms with Gasteiger partial charge in [0.15, 0.2) is 0 Å². The molecular weight excluding hydrogens is 296 g/mol. The van der Waals surface area contributed by atoms with Crippen LogP contribution < -0.4 is 5.73 Å². The van der Waals surface area contributed by atoms with E-state index in [0.717, 1.165) is 11.1 Å². The van der Waals surface area contributed by atoms with Gasteiger partial charge in [0.25, 0.3) is 5.91 Å². The van der Waals surface area contributed by atoms with E-state index in [1.807, 2.05) is 65.6 Å². The van der Waals surface area contributed by atoms with Gasteiger partial charge in [0.2, 0.25) is 0 Å². The predicted molar refractivity (Wildman–Crippen MR) is 97.3 cm³/mol. The first-order chi connectivity index (χ1) is 11.7. The van der Waals surface area contributed by atoms with E-state index in [2.05, 4.69) is 0 Å². The van der Waals surface area contributed by atoms with Crippen LogP contribution in [0.2, 0.25) is 0 Å². The number of hydrogen-bond acceptors (Lipinski definition) is 2. The van der Waals surface area contributed by atoms with Crippen molar-refractivity contribution in [3.8, 4) is 0 Å². The molecule has 0 aromatic heterocycles. The van der Waals surface area contributed by atoms with Crippen LogP contribution in [-0.4, -0.2) is 10.8 Å². The molecule has 0 saturated carbocycles. The monoisotopic (exact) mass is 316 g/mol. The first-order valence-corrected chi connectivity index (χ1v) is 7.95. The number of benzene rings is 3. The first kappa shape index (κ1) is 15.8. The van der Waals surface area contributed by atoms with Crippen molar-refractivity contribution in [3.05, 3.63) is 102 Å². The van der Waals surface area contributed by atoms with Gasteiger partial charge in [0, 0.05) is 24.3 Å². The highest BCUT2D eigenvalue weighted by atomic mass is 16.2. The Labute approximate surface area is 142 Å². The number of nitrogens with zero attached hydrogens (tertiary/aromatic N) is 1. The molecule has 0 heterocycles.